The average Bonchev–Trinajstić information content (AvgIpc) is 2.62. The molecule has 98 valence electrons. The van der Waals surface area contributed by atoms with Gasteiger partial charge < -0.3 is 0 Å². The van der Waals surface area contributed by atoms with Crippen molar-refractivity contribution in [2.45, 2.75) is 27.5 Å². The maximum atomic E-state index is 12.7. The van der Waals surface area contributed by atoms with E-state index in [2.05, 4.69) is 15.9 Å². The molecule has 0 aromatic rings. The van der Waals surface area contributed by atoms with E-state index in [1.165, 1.54) is 0 Å². The van der Waals surface area contributed by atoms with Crippen LogP contribution in [0.25, 0.3) is 0 Å². The van der Waals surface area contributed by atoms with Crippen LogP contribution in [-0.4, -0.2) is 21.1 Å². The van der Waals surface area contributed by atoms with Crippen molar-refractivity contribution >= 4 is 38.5 Å². The fourth-order valence-corrected chi connectivity index (χ4v) is 4.66. The summed E-state index contributed by atoms with van der Waals surface area (Å²) in [5.41, 5.74) is -2.73. The Balaban J connectivity index is 2.56. The molecule has 4 unspecified atom stereocenters. The van der Waals surface area contributed by atoms with Gasteiger partial charge in [-0.1, -0.05) is 38.5 Å². The van der Waals surface area contributed by atoms with Gasteiger partial charge in [0.2, 0.25) is 0 Å². The molecule has 17 heavy (non-hydrogen) atoms. The van der Waals surface area contributed by atoms with Gasteiger partial charge in [-0.15, -0.1) is 0 Å². The highest BCUT2D eigenvalue weighted by Gasteiger charge is 2.62. The molecule has 2 rings (SSSR count). The monoisotopic (exact) mass is 434 g/mol. The van der Waals surface area contributed by atoms with E-state index >= 15 is 0 Å². The topological polar surface area (TPSA) is 0 Å². The van der Waals surface area contributed by atoms with E-state index in [4.69, 9.17) is 0 Å². The number of allylic oxidation sites excluding steroid dienone is 2. The molecule has 0 heterocycles. The van der Waals surface area contributed by atoms with Gasteiger partial charge in [-0.2, -0.15) is 26.3 Å². The molecule has 0 radical (unpaired) electrons. The van der Waals surface area contributed by atoms with Gasteiger partial charge in [0.1, 0.15) is 0 Å². The van der Waals surface area contributed by atoms with E-state index in [9.17, 15) is 26.3 Å². The Labute approximate surface area is 115 Å². The van der Waals surface area contributed by atoms with Crippen molar-refractivity contribution in [3.05, 3.63) is 11.1 Å². The van der Waals surface area contributed by atoms with Gasteiger partial charge >= 0.3 is 12.4 Å². The number of fused-ring (bicyclic) bond motifs is 2. The van der Waals surface area contributed by atoms with Gasteiger partial charge in [-0.3, -0.25) is 0 Å². The maximum absolute atomic E-state index is 12.7. The summed E-state index contributed by atoms with van der Waals surface area (Å²) in [7, 11) is 0. The second-order valence-corrected chi connectivity index (χ2v) is 6.66. The molecule has 0 amide bonds. The van der Waals surface area contributed by atoms with Crippen molar-refractivity contribution in [1.29, 1.82) is 0 Å². The number of rotatable bonds is 0. The Morgan fingerprint density at radius 3 is 1.76 bits per heavy atom. The van der Waals surface area contributed by atoms with Gasteiger partial charge in [-0.25, -0.2) is 0 Å². The summed E-state index contributed by atoms with van der Waals surface area (Å²) in [4.78, 5) is -0.532. The van der Waals surface area contributed by atoms with E-state index in [-0.39, 0.29) is 6.42 Å². The van der Waals surface area contributed by atoms with Crippen LogP contribution in [0.1, 0.15) is 6.42 Å². The second-order valence-electron chi connectivity index (χ2n) is 4.16. The van der Waals surface area contributed by atoms with E-state index in [1.54, 1.807) is 22.6 Å². The van der Waals surface area contributed by atoms with Crippen molar-refractivity contribution < 1.29 is 26.3 Å². The Hall–Kier alpha value is 0.530. The normalized spacial score (nSPS) is 38.1. The van der Waals surface area contributed by atoms with Gasteiger partial charge in [0.15, 0.2) is 0 Å². The molecule has 2 aliphatic carbocycles. The lowest BCUT2D eigenvalue weighted by atomic mass is 9.91. The van der Waals surface area contributed by atoms with Crippen LogP contribution in [0.4, 0.5) is 26.3 Å². The molecular weight excluding hydrogens is 429 g/mol. The molecule has 8 heteroatoms. The molecule has 0 saturated heterocycles. The minimum absolute atomic E-state index is 0.0623. The molecule has 1 saturated carbocycles. The largest absolute Gasteiger partial charge is 0.413 e. The number of halogens is 8. The zero-order chi connectivity index (χ0) is 13.2. The third-order valence-electron chi connectivity index (χ3n) is 3.22. The Morgan fingerprint density at radius 1 is 0.941 bits per heavy atom. The third kappa shape index (κ3) is 2.12. The van der Waals surface area contributed by atoms with Gasteiger partial charge in [0, 0.05) is 31.7 Å². The first kappa shape index (κ1) is 14.0. The van der Waals surface area contributed by atoms with Gasteiger partial charge in [0.05, 0.1) is 0 Å². The summed E-state index contributed by atoms with van der Waals surface area (Å²) < 4.78 is 75.9. The number of alkyl halides is 8. The molecule has 1 fully saturated rings. The SMILES string of the molecule is FC(F)(F)C1=C(C(F)(F)F)C2CC1C(Br)C2I. The Kier molecular flexibility index (Phi) is 3.29. The van der Waals surface area contributed by atoms with Crippen molar-refractivity contribution in [1.82, 2.24) is 0 Å². The summed E-state index contributed by atoms with van der Waals surface area (Å²) in [6, 6.07) is 0. The first-order chi connectivity index (χ1) is 7.55. The molecule has 0 aromatic carbocycles. The minimum atomic E-state index is -4.90. The lowest BCUT2D eigenvalue weighted by molar-refractivity contribution is -0.121. The van der Waals surface area contributed by atoms with E-state index in [0.717, 1.165) is 0 Å². The molecule has 0 aliphatic heterocycles. The standard InChI is InChI=1S/C9H6BrF6I/c10-6-2-1-3(7(6)17)5(9(14,15)16)4(2)8(11,12)13/h2-3,6-7H,1H2. The Bertz CT molecular complexity index is 337. The van der Waals surface area contributed by atoms with Crippen LogP contribution in [0.2, 0.25) is 0 Å². The molecule has 4 atom stereocenters. The summed E-state index contributed by atoms with van der Waals surface area (Å²) in [5.74, 6) is -2.11. The van der Waals surface area contributed by atoms with E-state index in [1.807, 2.05) is 0 Å². The van der Waals surface area contributed by atoms with Crippen LogP contribution >= 0.6 is 38.5 Å². The quantitative estimate of drug-likeness (QED) is 0.226. The summed E-state index contributed by atoms with van der Waals surface area (Å²) >= 11 is 4.87. The maximum Gasteiger partial charge on any atom is 0.413 e. The van der Waals surface area contributed by atoms with Crippen LogP contribution in [0.5, 0.6) is 0 Å². The lowest BCUT2D eigenvalue weighted by Crippen LogP contribution is -2.35. The highest BCUT2D eigenvalue weighted by Crippen LogP contribution is 2.61. The molecule has 0 aromatic heterocycles. The van der Waals surface area contributed by atoms with Gasteiger partial charge in [0.25, 0.3) is 0 Å². The third-order valence-corrected chi connectivity index (χ3v) is 7.06. The number of hydrogen-bond acceptors (Lipinski definition) is 0. The average molecular weight is 435 g/mol. The number of hydrogen-bond donors (Lipinski definition) is 0. The van der Waals surface area contributed by atoms with Crippen LogP contribution in [0, 0.1) is 11.8 Å². The molecule has 0 nitrogen and oxygen atoms in total. The van der Waals surface area contributed by atoms with Crippen LogP contribution in [-0.2, 0) is 0 Å². The van der Waals surface area contributed by atoms with Crippen molar-refractivity contribution in [2.75, 3.05) is 0 Å². The van der Waals surface area contributed by atoms with Crippen LogP contribution in [0.15, 0.2) is 11.1 Å². The fraction of sp³-hybridized carbons (Fsp3) is 0.778. The predicted molar refractivity (Wildman–Crippen MR) is 61.3 cm³/mol. The second kappa shape index (κ2) is 4.01. The highest BCUT2D eigenvalue weighted by molar-refractivity contribution is 14.1. The zero-order valence-electron chi connectivity index (χ0n) is 8.04. The summed E-state index contributed by atoms with van der Waals surface area (Å²) in [6.07, 6.45) is -9.85. The molecule has 0 N–H and O–H groups in total. The predicted octanol–water partition coefficient (Wildman–Crippen LogP) is 4.62. The van der Waals surface area contributed by atoms with Crippen LogP contribution < -0.4 is 0 Å². The summed E-state index contributed by atoms with van der Waals surface area (Å²) in [6.45, 7) is 0. The molecule has 2 aliphatic rings. The van der Waals surface area contributed by atoms with Crippen molar-refractivity contribution in [2.24, 2.45) is 11.8 Å². The van der Waals surface area contributed by atoms with E-state index < -0.39 is 44.1 Å². The van der Waals surface area contributed by atoms with Crippen LogP contribution in [0.3, 0.4) is 0 Å². The first-order valence-electron chi connectivity index (χ1n) is 4.71. The molecular formula is C9H6BrF6I. The van der Waals surface area contributed by atoms with Gasteiger partial charge in [-0.05, 0) is 6.42 Å². The molecule has 0 spiro atoms. The minimum Gasteiger partial charge on any atom is -0.166 e. The fourth-order valence-electron chi connectivity index (χ4n) is 2.66. The molecule has 2 bridgehead atoms. The first-order valence-corrected chi connectivity index (χ1v) is 6.88. The lowest BCUT2D eigenvalue weighted by Gasteiger charge is -2.29. The van der Waals surface area contributed by atoms with Crippen molar-refractivity contribution in [3.8, 4) is 0 Å². The summed E-state index contributed by atoms with van der Waals surface area (Å²) in [5, 5.41) is 0. The zero-order valence-corrected chi connectivity index (χ0v) is 11.8. The highest BCUT2D eigenvalue weighted by atomic mass is 127. The smallest absolute Gasteiger partial charge is 0.166 e. The van der Waals surface area contributed by atoms with E-state index in [0.29, 0.717) is 0 Å². The Morgan fingerprint density at radius 2 is 1.35 bits per heavy atom. The van der Waals surface area contributed by atoms with Crippen molar-refractivity contribution in [3.63, 3.8) is 0 Å².